The van der Waals surface area contributed by atoms with Gasteiger partial charge in [0.25, 0.3) is 0 Å². The molecular formula is C11H15FN2O3. The van der Waals surface area contributed by atoms with Gasteiger partial charge in [-0.3, -0.25) is 4.79 Å². The number of rotatable bonds is 5. The summed E-state index contributed by atoms with van der Waals surface area (Å²) in [6, 6.07) is 1.91. The molecule has 4 N–H and O–H groups in total. The van der Waals surface area contributed by atoms with Crippen LogP contribution in [-0.4, -0.2) is 31.3 Å². The number of halogens is 1. The van der Waals surface area contributed by atoms with Gasteiger partial charge in [-0.15, -0.1) is 0 Å². The van der Waals surface area contributed by atoms with Crippen molar-refractivity contribution < 1.29 is 19.0 Å². The summed E-state index contributed by atoms with van der Waals surface area (Å²) in [6.07, 6.45) is 0. The lowest BCUT2D eigenvalue weighted by atomic mass is 9.99. The first-order valence-electron chi connectivity index (χ1n) is 5.00. The van der Waals surface area contributed by atoms with E-state index in [9.17, 15) is 9.18 Å². The van der Waals surface area contributed by atoms with Crippen LogP contribution in [0.5, 0.6) is 5.75 Å². The van der Waals surface area contributed by atoms with Crippen LogP contribution in [0.1, 0.15) is 11.6 Å². The number of likely N-dealkylation sites (N-methyl/N-ethyl adjacent to an activating group) is 1. The summed E-state index contributed by atoms with van der Waals surface area (Å²) in [6.45, 7) is 0. The molecule has 17 heavy (non-hydrogen) atoms. The maximum atomic E-state index is 13.1. The minimum atomic E-state index is -1.11. The molecule has 5 nitrogen and oxygen atoms in total. The van der Waals surface area contributed by atoms with E-state index >= 15 is 0 Å². The molecule has 0 amide bonds. The number of hydrogen-bond donors (Lipinski definition) is 3. The van der Waals surface area contributed by atoms with Crippen molar-refractivity contribution in [3.63, 3.8) is 0 Å². The Hall–Kier alpha value is -1.66. The van der Waals surface area contributed by atoms with Crippen LogP contribution >= 0.6 is 0 Å². The van der Waals surface area contributed by atoms with Crippen molar-refractivity contribution in [1.29, 1.82) is 0 Å². The van der Waals surface area contributed by atoms with Crippen LogP contribution in [0.2, 0.25) is 0 Å². The summed E-state index contributed by atoms with van der Waals surface area (Å²) in [4.78, 5) is 11.0. The Morgan fingerprint density at radius 3 is 2.71 bits per heavy atom. The molecule has 0 aliphatic rings. The molecule has 0 aliphatic heterocycles. The lowest BCUT2D eigenvalue weighted by molar-refractivity contribution is -0.139. The molecule has 6 heteroatoms. The first-order valence-corrected chi connectivity index (χ1v) is 5.00. The second kappa shape index (κ2) is 5.60. The van der Waals surface area contributed by atoms with Gasteiger partial charge in [0.2, 0.25) is 0 Å². The molecular weight excluding hydrogens is 227 g/mol. The molecule has 0 spiro atoms. The number of aliphatic carboxylic acids is 1. The second-order valence-corrected chi connectivity index (χ2v) is 3.52. The van der Waals surface area contributed by atoms with Gasteiger partial charge in [0.05, 0.1) is 13.2 Å². The van der Waals surface area contributed by atoms with Gasteiger partial charge in [-0.05, 0) is 25.2 Å². The summed E-state index contributed by atoms with van der Waals surface area (Å²) in [7, 11) is 2.89. The van der Waals surface area contributed by atoms with Gasteiger partial charge in [-0.2, -0.15) is 0 Å². The van der Waals surface area contributed by atoms with E-state index in [2.05, 4.69) is 5.32 Å². The van der Waals surface area contributed by atoms with Crippen LogP contribution in [-0.2, 0) is 4.79 Å². The summed E-state index contributed by atoms with van der Waals surface area (Å²) in [5.41, 5.74) is 6.12. The Kier molecular flexibility index (Phi) is 4.42. The van der Waals surface area contributed by atoms with Crippen molar-refractivity contribution in [2.24, 2.45) is 5.73 Å². The van der Waals surface area contributed by atoms with Gasteiger partial charge in [-0.25, -0.2) is 4.39 Å². The van der Waals surface area contributed by atoms with E-state index in [1.165, 1.54) is 32.4 Å². The lowest BCUT2D eigenvalue weighted by Gasteiger charge is -2.21. The highest BCUT2D eigenvalue weighted by Gasteiger charge is 2.27. The Morgan fingerprint density at radius 1 is 1.59 bits per heavy atom. The summed E-state index contributed by atoms with van der Waals surface area (Å²) < 4.78 is 18.2. The Bertz CT molecular complexity index is 412. The lowest BCUT2D eigenvalue weighted by Crippen LogP contribution is -2.43. The van der Waals surface area contributed by atoms with Crippen molar-refractivity contribution in [1.82, 2.24) is 5.32 Å². The first kappa shape index (κ1) is 13.4. The van der Waals surface area contributed by atoms with Gasteiger partial charge in [-0.1, -0.05) is 0 Å². The quantitative estimate of drug-likeness (QED) is 0.700. The van der Waals surface area contributed by atoms with E-state index in [0.717, 1.165) is 0 Å². The Morgan fingerprint density at radius 2 is 2.24 bits per heavy atom. The maximum Gasteiger partial charge on any atom is 0.322 e. The van der Waals surface area contributed by atoms with Gasteiger partial charge in [0, 0.05) is 5.56 Å². The number of ether oxygens (including phenoxy) is 1. The number of carboxylic acids is 1. The zero-order valence-electron chi connectivity index (χ0n) is 9.61. The monoisotopic (exact) mass is 242 g/mol. The zero-order chi connectivity index (χ0) is 13.0. The van der Waals surface area contributed by atoms with Crippen molar-refractivity contribution in [3.05, 3.63) is 29.6 Å². The van der Waals surface area contributed by atoms with Crippen LogP contribution in [0.15, 0.2) is 18.2 Å². The summed E-state index contributed by atoms with van der Waals surface area (Å²) in [5, 5.41) is 11.5. The third kappa shape index (κ3) is 2.92. The van der Waals surface area contributed by atoms with Crippen LogP contribution in [0, 0.1) is 5.82 Å². The predicted octanol–water partition coefficient (Wildman–Crippen LogP) is 0.507. The van der Waals surface area contributed by atoms with Crippen LogP contribution in [0.3, 0.4) is 0 Å². The van der Waals surface area contributed by atoms with Crippen molar-refractivity contribution >= 4 is 5.97 Å². The number of hydrogen-bond acceptors (Lipinski definition) is 4. The second-order valence-electron chi connectivity index (χ2n) is 3.52. The topological polar surface area (TPSA) is 84.6 Å². The summed E-state index contributed by atoms with van der Waals surface area (Å²) >= 11 is 0. The highest BCUT2D eigenvalue weighted by Crippen LogP contribution is 2.26. The molecule has 2 atom stereocenters. The fourth-order valence-corrected chi connectivity index (χ4v) is 1.60. The van der Waals surface area contributed by atoms with E-state index in [0.29, 0.717) is 11.3 Å². The molecule has 0 saturated carbocycles. The molecule has 1 aromatic carbocycles. The minimum absolute atomic E-state index is 0.314. The molecule has 0 aromatic heterocycles. The fourth-order valence-electron chi connectivity index (χ4n) is 1.60. The molecule has 0 fully saturated rings. The van der Waals surface area contributed by atoms with Crippen LogP contribution < -0.4 is 15.8 Å². The third-order valence-corrected chi connectivity index (χ3v) is 2.49. The average molecular weight is 242 g/mol. The smallest absolute Gasteiger partial charge is 0.322 e. The van der Waals surface area contributed by atoms with Gasteiger partial charge >= 0.3 is 5.97 Å². The van der Waals surface area contributed by atoms with Crippen LogP contribution in [0.4, 0.5) is 4.39 Å². The number of methoxy groups -OCH3 is 1. The standard InChI is InChI=1S/C11H15FN2O3/c1-14-10(11(15)16)9(13)7-5-6(12)3-4-8(7)17-2/h3-5,9-10,14H,13H2,1-2H3,(H,15,16). The first-order chi connectivity index (χ1) is 8.01. The average Bonchev–Trinajstić information content (AvgIpc) is 2.29. The highest BCUT2D eigenvalue weighted by atomic mass is 19.1. The third-order valence-electron chi connectivity index (χ3n) is 2.49. The molecule has 0 radical (unpaired) electrons. The van der Waals surface area contributed by atoms with E-state index in [-0.39, 0.29) is 0 Å². The van der Waals surface area contributed by atoms with Crippen molar-refractivity contribution in [3.8, 4) is 5.75 Å². The predicted molar refractivity (Wildman–Crippen MR) is 60.4 cm³/mol. The molecule has 2 unspecified atom stereocenters. The number of carbonyl (C=O) groups is 1. The highest BCUT2D eigenvalue weighted by molar-refractivity contribution is 5.75. The SMILES string of the molecule is CNC(C(=O)O)C(N)c1cc(F)ccc1OC. The van der Waals surface area contributed by atoms with Crippen molar-refractivity contribution in [2.75, 3.05) is 14.2 Å². The van der Waals surface area contributed by atoms with Crippen LogP contribution in [0.25, 0.3) is 0 Å². The zero-order valence-corrected chi connectivity index (χ0v) is 9.61. The minimum Gasteiger partial charge on any atom is -0.496 e. The largest absolute Gasteiger partial charge is 0.496 e. The molecule has 0 aliphatic carbocycles. The van der Waals surface area contributed by atoms with Crippen molar-refractivity contribution in [2.45, 2.75) is 12.1 Å². The molecule has 0 saturated heterocycles. The van der Waals surface area contributed by atoms with Gasteiger partial charge < -0.3 is 20.9 Å². The molecule has 1 aromatic rings. The van der Waals surface area contributed by atoms with E-state index in [1.54, 1.807) is 0 Å². The molecule has 0 heterocycles. The Balaban J connectivity index is 3.13. The molecule has 94 valence electrons. The van der Waals surface area contributed by atoms with Gasteiger partial charge in [0.1, 0.15) is 17.6 Å². The number of nitrogens with two attached hydrogens (primary N) is 1. The molecule has 0 bridgehead atoms. The fraction of sp³-hybridized carbons (Fsp3) is 0.364. The normalized spacial score (nSPS) is 14.1. The van der Waals surface area contributed by atoms with E-state index in [4.69, 9.17) is 15.6 Å². The molecule has 1 rings (SSSR count). The maximum absolute atomic E-state index is 13.1. The van der Waals surface area contributed by atoms with E-state index < -0.39 is 23.9 Å². The summed E-state index contributed by atoms with van der Waals surface area (Å²) in [5.74, 6) is -1.23. The number of nitrogens with one attached hydrogen (secondary N) is 1. The number of benzene rings is 1. The number of carboxylic acid groups (broad SMARTS) is 1. The Labute approximate surface area is 98.4 Å². The van der Waals surface area contributed by atoms with Gasteiger partial charge in [0.15, 0.2) is 0 Å². The van der Waals surface area contributed by atoms with E-state index in [1.807, 2.05) is 0 Å².